The van der Waals surface area contributed by atoms with Crippen molar-refractivity contribution in [3.8, 4) is 0 Å². The van der Waals surface area contributed by atoms with E-state index >= 15 is 0 Å². The molecule has 2 aliphatic heterocycles. The summed E-state index contributed by atoms with van der Waals surface area (Å²) in [5.41, 5.74) is 3.25. The number of fused-ring (bicyclic) bond motifs is 2. The molecule has 136 valence electrons. The molecule has 2 amide bonds. The van der Waals surface area contributed by atoms with E-state index in [9.17, 15) is 19.5 Å². The molecule has 0 aromatic heterocycles. The third-order valence-electron chi connectivity index (χ3n) is 4.71. The lowest BCUT2D eigenvalue weighted by molar-refractivity contribution is -0.138. The molecule has 1 aliphatic carbocycles. The Morgan fingerprint density at radius 2 is 2.20 bits per heavy atom. The fourth-order valence-corrected chi connectivity index (χ4v) is 4.92. The molecule has 2 atom stereocenters. The van der Waals surface area contributed by atoms with Gasteiger partial charge in [-0.1, -0.05) is 19.8 Å². The van der Waals surface area contributed by atoms with Crippen LogP contribution < -0.4 is 10.7 Å². The van der Waals surface area contributed by atoms with Gasteiger partial charge in [0, 0.05) is 4.91 Å². The van der Waals surface area contributed by atoms with E-state index in [4.69, 9.17) is 5.11 Å². The normalized spacial score (nSPS) is 26.2. The molecule has 0 aromatic rings. The Balaban J connectivity index is 1.84. The van der Waals surface area contributed by atoms with Gasteiger partial charge in [-0.25, -0.2) is 0 Å². The van der Waals surface area contributed by atoms with E-state index in [1.807, 2.05) is 0 Å². The molecule has 4 N–H and O–H groups in total. The second-order valence-electron chi connectivity index (χ2n) is 6.44. The molecule has 9 heteroatoms. The number of carboxylic acids is 1. The highest BCUT2D eigenvalue weighted by atomic mass is 32.2. The number of hydrogen-bond acceptors (Lipinski definition) is 6. The van der Waals surface area contributed by atoms with Crippen molar-refractivity contribution in [2.75, 3.05) is 6.54 Å². The molecule has 0 radical (unpaired) electrons. The molecule has 0 bridgehead atoms. The maximum absolute atomic E-state index is 12.2. The minimum atomic E-state index is -1.22. The molecule has 8 nitrogen and oxygen atoms in total. The summed E-state index contributed by atoms with van der Waals surface area (Å²) in [6.07, 6.45) is 5.04. The average Bonchev–Trinajstić information content (AvgIpc) is 2.90. The van der Waals surface area contributed by atoms with Gasteiger partial charge < -0.3 is 15.5 Å². The van der Waals surface area contributed by atoms with Crippen LogP contribution >= 0.6 is 11.9 Å². The van der Waals surface area contributed by atoms with E-state index < -0.39 is 35.9 Å². The highest BCUT2D eigenvalue weighted by Gasteiger charge is 2.46. The average molecular weight is 367 g/mol. The monoisotopic (exact) mass is 367 g/mol. The maximum atomic E-state index is 12.2. The van der Waals surface area contributed by atoms with Gasteiger partial charge in [0.05, 0.1) is 0 Å². The van der Waals surface area contributed by atoms with Gasteiger partial charge in [-0.05, 0) is 42.7 Å². The fourth-order valence-electron chi connectivity index (χ4n) is 3.58. The molecule has 3 rings (SSSR count). The summed E-state index contributed by atoms with van der Waals surface area (Å²) < 4.78 is 1.59. The second kappa shape index (κ2) is 7.09. The van der Waals surface area contributed by atoms with Gasteiger partial charge in [-0.2, -0.15) is 0 Å². The van der Waals surface area contributed by atoms with Gasteiger partial charge >= 0.3 is 5.97 Å². The van der Waals surface area contributed by atoms with Gasteiger partial charge in [0.1, 0.15) is 23.9 Å². The van der Waals surface area contributed by atoms with Gasteiger partial charge in [-0.15, -0.1) is 4.41 Å². The topological polar surface area (TPSA) is 119 Å². The second-order valence-corrected chi connectivity index (χ2v) is 7.51. The van der Waals surface area contributed by atoms with Crippen molar-refractivity contribution < 1.29 is 24.6 Å². The molecule has 0 saturated heterocycles. The quantitative estimate of drug-likeness (QED) is 0.426. The molecule has 2 unspecified atom stereocenters. The van der Waals surface area contributed by atoms with Crippen molar-refractivity contribution in [2.24, 2.45) is 5.92 Å². The number of carboxylic acid groups (broad SMARTS) is 1. The van der Waals surface area contributed by atoms with Crippen molar-refractivity contribution >= 4 is 29.7 Å². The summed E-state index contributed by atoms with van der Waals surface area (Å²) in [6, 6.07) is -0.550. The first-order valence-electron chi connectivity index (χ1n) is 8.35. The summed E-state index contributed by atoms with van der Waals surface area (Å²) in [7, 11) is 0. The number of amides is 2. The molecule has 0 saturated carbocycles. The van der Waals surface area contributed by atoms with E-state index in [1.54, 1.807) is 4.41 Å². The van der Waals surface area contributed by atoms with Crippen LogP contribution in [0, 0.1) is 5.92 Å². The number of allylic oxidation sites excluding steroid dienone is 1. The molecule has 0 fully saturated rings. The minimum Gasteiger partial charge on any atom is -0.509 e. The predicted octanol–water partition coefficient (Wildman–Crippen LogP) is 1.23. The van der Waals surface area contributed by atoms with Crippen LogP contribution in [0.4, 0.5) is 0 Å². The molecule has 3 aliphatic rings. The van der Waals surface area contributed by atoms with Crippen LogP contribution in [0.3, 0.4) is 0 Å². The van der Waals surface area contributed by atoms with Crippen molar-refractivity contribution in [1.29, 1.82) is 0 Å². The predicted molar refractivity (Wildman–Crippen MR) is 90.9 cm³/mol. The molecule has 2 heterocycles. The van der Waals surface area contributed by atoms with Gasteiger partial charge in [0.25, 0.3) is 11.8 Å². The van der Waals surface area contributed by atoms with Crippen molar-refractivity contribution in [1.82, 2.24) is 15.2 Å². The summed E-state index contributed by atoms with van der Waals surface area (Å²) >= 11 is 1.41. The number of carbonyl (C=O) groups excluding carboxylic acids is 2. The van der Waals surface area contributed by atoms with E-state index in [0.717, 1.165) is 42.6 Å². The molecular formula is C16H21N3O5S. The highest BCUT2D eigenvalue weighted by molar-refractivity contribution is 8.01. The highest BCUT2D eigenvalue weighted by Crippen LogP contribution is 2.49. The van der Waals surface area contributed by atoms with Crippen LogP contribution in [0.2, 0.25) is 0 Å². The number of nitrogens with zero attached hydrogens (tertiary/aromatic N) is 1. The zero-order valence-electron chi connectivity index (χ0n) is 13.9. The minimum absolute atomic E-state index is 0.307. The molecule has 0 aromatic carbocycles. The summed E-state index contributed by atoms with van der Waals surface area (Å²) in [4.78, 5) is 36.0. The number of aliphatic hydroxyl groups is 1. The van der Waals surface area contributed by atoms with Gasteiger partial charge in [0.2, 0.25) is 0 Å². The zero-order valence-corrected chi connectivity index (χ0v) is 14.7. The lowest BCUT2D eigenvalue weighted by atomic mass is 9.83. The Kier molecular flexibility index (Phi) is 5.05. The smallest absolute Gasteiger partial charge is 0.322 e. The zero-order chi connectivity index (χ0) is 18.1. The number of carbonyl (C=O) groups is 3. The molecule has 0 spiro atoms. The standard InChI is InChI=1S/C16H21N3O5S/c1-2-3-8-4-5-9-10(6-8)25-19-13(9)14(22)12(16(24)18-19)15(23)17-7-11(20)21/h8,13,22H,2-7H2,1H3,(H,17,23)(H,18,24)(H,20,21). The van der Waals surface area contributed by atoms with Crippen LogP contribution in [0.25, 0.3) is 0 Å². The lowest BCUT2D eigenvalue weighted by Crippen LogP contribution is -2.52. The Bertz CT molecular complexity index is 687. The van der Waals surface area contributed by atoms with Crippen LogP contribution in [0.1, 0.15) is 39.0 Å². The summed E-state index contributed by atoms with van der Waals surface area (Å²) in [5.74, 6) is -2.53. The maximum Gasteiger partial charge on any atom is 0.322 e. The molecular weight excluding hydrogens is 346 g/mol. The largest absolute Gasteiger partial charge is 0.509 e. The summed E-state index contributed by atoms with van der Waals surface area (Å²) in [6.45, 7) is 1.55. The first kappa shape index (κ1) is 17.8. The number of hydrogen-bond donors (Lipinski definition) is 4. The van der Waals surface area contributed by atoms with Gasteiger partial charge in [-0.3, -0.25) is 19.8 Å². The number of hydrazine groups is 1. The number of aliphatic hydroxyl groups excluding tert-OH is 1. The van der Waals surface area contributed by atoms with Crippen molar-refractivity contribution in [3.63, 3.8) is 0 Å². The van der Waals surface area contributed by atoms with Crippen molar-refractivity contribution in [3.05, 3.63) is 21.8 Å². The SMILES string of the molecule is CCCC1CCC2=C(C1)SN1NC(=O)C(C(=O)NCC(=O)O)=C(O)C21. The lowest BCUT2D eigenvalue weighted by Gasteiger charge is -2.31. The third-order valence-corrected chi connectivity index (χ3v) is 5.85. The van der Waals surface area contributed by atoms with E-state index in [1.165, 1.54) is 11.9 Å². The first-order chi connectivity index (χ1) is 11.9. The Hall–Kier alpha value is -2.00. The third kappa shape index (κ3) is 3.38. The Morgan fingerprint density at radius 1 is 1.44 bits per heavy atom. The number of nitrogens with one attached hydrogen (secondary N) is 2. The Labute approximate surface area is 149 Å². The van der Waals surface area contributed by atoms with Gasteiger partial charge in [0.15, 0.2) is 0 Å². The number of aliphatic carboxylic acids is 1. The first-order valence-corrected chi connectivity index (χ1v) is 9.12. The van der Waals surface area contributed by atoms with Crippen LogP contribution in [0.15, 0.2) is 21.8 Å². The van der Waals surface area contributed by atoms with Crippen LogP contribution in [-0.4, -0.2) is 45.0 Å². The van der Waals surface area contributed by atoms with E-state index in [0.29, 0.717) is 5.92 Å². The van der Waals surface area contributed by atoms with Crippen molar-refractivity contribution in [2.45, 2.75) is 45.1 Å². The van der Waals surface area contributed by atoms with Crippen LogP contribution in [-0.2, 0) is 14.4 Å². The van der Waals surface area contributed by atoms with Crippen LogP contribution in [0.5, 0.6) is 0 Å². The van der Waals surface area contributed by atoms with E-state index in [2.05, 4.69) is 17.7 Å². The summed E-state index contributed by atoms with van der Waals surface area (Å²) in [5, 5.41) is 21.4. The fraction of sp³-hybridized carbons (Fsp3) is 0.562. The number of rotatable bonds is 5. The Morgan fingerprint density at radius 3 is 2.88 bits per heavy atom. The molecule has 25 heavy (non-hydrogen) atoms. The van der Waals surface area contributed by atoms with E-state index in [-0.39, 0.29) is 5.76 Å².